The van der Waals surface area contributed by atoms with Crippen molar-refractivity contribution in [2.24, 2.45) is 0 Å². The summed E-state index contributed by atoms with van der Waals surface area (Å²) in [6, 6.07) is 12.4. The largest absolute Gasteiger partial charge is 0.494 e. The monoisotopic (exact) mass is 429 g/mol. The predicted molar refractivity (Wildman–Crippen MR) is 106 cm³/mol. The predicted octanol–water partition coefficient (Wildman–Crippen LogP) is 4.38. The molecule has 0 spiro atoms. The molecule has 25 heavy (non-hydrogen) atoms. The van der Waals surface area contributed by atoms with Gasteiger partial charge in [-0.25, -0.2) is 0 Å². The molecule has 2 aromatic rings. The average molecular weight is 431 g/mol. The highest BCUT2D eigenvalue weighted by atomic mass is 79.9. The van der Waals surface area contributed by atoms with Crippen LogP contribution in [0.15, 0.2) is 46.9 Å². The normalized spacial score (nSPS) is 10.0. The summed E-state index contributed by atoms with van der Waals surface area (Å²) in [6.45, 7) is 4.78. The number of nitrogens with zero attached hydrogens (tertiary/aromatic N) is 1. The fourth-order valence-electron chi connectivity index (χ4n) is 2.20. The zero-order valence-corrected chi connectivity index (χ0v) is 16.2. The number of anilines is 1. The molecule has 2 rings (SSSR count). The minimum atomic E-state index is -0.403. The smallest absolute Gasteiger partial charge is 0.269 e. The second-order valence-corrected chi connectivity index (χ2v) is 6.01. The first kappa shape index (κ1) is 21.2. The van der Waals surface area contributed by atoms with E-state index >= 15 is 0 Å². The van der Waals surface area contributed by atoms with E-state index in [1.165, 1.54) is 12.1 Å². The summed E-state index contributed by atoms with van der Waals surface area (Å²) in [5.74, 6) is 0.886. The van der Waals surface area contributed by atoms with E-state index in [0.29, 0.717) is 13.2 Å². The second kappa shape index (κ2) is 10.9. The number of rotatable bonds is 9. The Kier molecular flexibility index (Phi) is 9.26. The van der Waals surface area contributed by atoms with E-state index < -0.39 is 4.92 Å². The summed E-state index contributed by atoms with van der Waals surface area (Å²) in [5, 5.41) is 17.2. The third-order valence-electron chi connectivity index (χ3n) is 3.35. The van der Waals surface area contributed by atoms with Gasteiger partial charge in [0.15, 0.2) is 0 Å². The van der Waals surface area contributed by atoms with Crippen LogP contribution >= 0.6 is 28.3 Å². The van der Waals surface area contributed by atoms with E-state index in [1.54, 1.807) is 12.1 Å². The fourth-order valence-corrected chi connectivity index (χ4v) is 2.61. The van der Waals surface area contributed by atoms with Gasteiger partial charge in [-0.2, -0.15) is 0 Å². The number of nitrogens with one attached hydrogen (secondary N) is 2. The highest BCUT2D eigenvalue weighted by molar-refractivity contribution is 9.10. The molecular formula is C17H21BrClN3O3. The molecule has 0 heterocycles. The van der Waals surface area contributed by atoms with Crippen LogP contribution in [-0.2, 0) is 6.54 Å². The summed E-state index contributed by atoms with van der Waals surface area (Å²) >= 11 is 3.47. The number of nitro benzene ring substituents is 1. The Balaban J connectivity index is 0.00000312. The Bertz CT molecular complexity index is 683. The van der Waals surface area contributed by atoms with Crippen molar-refractivity contribution in [2.45, 2.75) is 13.5 Å². The van der Waals surface area contributed by atoms with E-state index in [2.05, 4.69) is 26.6 Å². The highest BCUT2D eigenvalue weighted by Crippen LogP contribution is 2.23. The van der Waals surface area contributed by atoms with Crippen molar-refractivity contribution >= 4 is 39.7 Å². The number of ether oxygens (including phenoxy) is 1. The summed E-state index contributed by atoms with van der Waals surface area (Å²) in [4.78, 5) is 10.2. The van der Waals surface area contributed by atoms with Crippen LogP contribution in [0.25, 0.3) is 0 Å². The first-order valence-corrected chi connectivity index (χ1v) is 8.49. The molecule has 0 unspecified atom stereocenters. The van der Waals surface area contributed by atoms with E-state index in [0.717, 1.165) is 34.6 Å². The van der Waals surface area contributed by atoms with E-state index in [4.69, 9.17) is 4.74 Å². The maximum Gasteiger partial charge on any atom is 0.269 e. The van der Waals surface area contributed by atoms with E-state index in [9.17, 15) is 10.1 Å². The number of benzene rings is 2. The van der Waals surface area contributed by atoms with Gasteiger partial charge in [-0.05, 0) is 37.3 Å². The van der Waals surface area contributed by atoms with Gasteiger partial charge >= 0.3 is 0 Å². The number of halogens is 2. The number of hydrogen-bond acceptors (Lipinski definition) is 5. The summed E-state index contributed by atoms with van der Waals surface area (Å²) in [5.41, 5.74) is 2.05. The van der Waals surface area contributed by atoms with E-state index in [1.807, 2.05) is 25.1 Å². The standard InChI is InChI=1S/C17H20BrN3O3.ClH/c1-2-24-17-8-3-14(18)11-13(17)12-19-9-10-20-15-4-6-16(7-5-15)21(22)23;/h3-8,11,19-20H,2,9-10,12H2,1H3;1H. The van der Waals surface area contributed by atoms with Gasteiger partial charge in [0.2, 0.25) is 0 Å². The van der Waals surface area contributed by atoms with Crippen LogP contribution in [0.4, 0.5) is 11.4 Å². The van der Waals surface area contributed by atoms with Gasteiger partial charge in [0.05, 0.1) is 11.5 Å². The minimum Gasteiger partial charge on any atom is -0.494 e. The van der Waals surface area contributed by atoms with Crippen molar-refractivity contribution < 1.29 is 9.66 Å². The average Bonchev–Trinajstić information content (AvgIpc) is 2.57. The highest BCUT2D eigenvalue weighted by Gasteiger charge is 2.05. The maximum atomic E-state index is 10.6. The number of non-ortho nitro benzene ring substituents is 1. The van der Waals surface area contributed by atoms with Crippen molar-refractivity contribution in [1.29, 1.82) is 0 Å². The molecule has 136 valence electrons. The molecule has 2 aromatic carbocycles. The van der Waals surface area contributed by atoms with Crippen LogP contribution in [0.1, 0.15) is 12.5 Å². The first-order valence-electron chi connectivity index (χ1n) is 7.70. The Labute approximate surface area is 161 Å². The topological polar surface area (TPSA) is 76.4 Å². The van der Waals surface area contributed by atoms with Gasteiger partial charge in [-0.3, -0.25) is 10.1 Å². The number of nitro groups is 1. The lowest BCUT2D eigenvalue weighted by Gasteiger charge is -2.12. The van der Waals surface area contributed by atoms with Gasteiger partial charge in [-0.15, -0.1) is 12.4 Å². The van der Waals surface area contributed by atoms with Gasteiger partial charge in [0, 0.05) is 47.5 Å². The van der Waals surface area contributed by atoms with Crippen LogP contribution in [-0.4, -0.2) is 24.6 Å². The van der Waals surface area contributed by atoms with Crippen molar-refractivity contribution in [1.82, 2.24) is 5.32 Å². The zero-order chi connectivity index (χ0) is 17.4. The Morgan fingerprint density at radius 1 is 1.16 bits per heavy atom. The molecule has 0 radical (unpaired) electrons. The van der Waals surface area contributed by atoms with Crippen LogP contribution in [0.2, 0.25) is 0 Å². The molecule has 0 aliphatic rings. The molecule has 0 aromatic heterocycles. The Hall–Kier alpha value is -1.83. The molecule has 0 fully saturated rings. The minimum absolute atomic E-state index is 0. The third-order valence-corrected chi connectivity index (χ3v) is 3.84. The molecule has 0 bridgehead atoms. The summed E-state index contributed by atoms with van der Waals surface area (Å²) < 4.78 is 6.64. The fraction of sp³-hybridized carbons (Fsp3) is 0.294. The van der Waals surface area contributed by atoms with Crippen molar-refractivity contribution in [3.05, 3.63) is 62.6 Å². The molecule has 0 amide bonds. The third kappa shape index (κ3) is 6.89. The first-order chi connectivity index (χ1) is 11.6. The molecule has 0 aliphatic carbocycles. The maximum absolute atomic E-state index is 10.6. The van der Waals surface area contributed by atoms with Crippen LogP contribution in [0, 0.1) is 10.1 Å². The quantitative estimate of drug-likeness (QED) is 0.351. The molecule has 0 saturated carbocycles. The molecule has 0 saturated heterocycles. The van der Waals surface area contributed by atoms with E-state index in [-0.39, 0.29) is 18.1 Å². The van der Waals surface area contributed by atoms with Gasteiger partial charge in [0.1, 0.15) is 5.75 Å². The molecule has 0 atom stereocenters. The lowest BCUT2D eigenvalue weighted by Crippen LogP contribution is -2.22. The van der Waals surface area contributed by atoms with Gasteiger partial charge < -0.3 is 15.4 Å². The Morgan fingerprint density at radius 3 is 2.52 bits per heavy atom. The molecule has 2 N–H and O–H groups in total. The second-order valence-electron chi connectivity index (χ2n) is 5.09. The summed E-state index contributed by atoms with van der Waals surface area (Å²) in [6.07, 6.45) is 0. The van der Waals surface area contributed by atoms with Crippen LogP contribution < -0.4 is 15.4 Å². The van der Waals surface area contributed by atoms with Crippen molar-refractivity contribution in [3.63, 3.8) is 0 Å². The molecule has 0 aliphatic heterocycles. The molecular weight excluding hydrogens is 410 g/mol. The van der Waals surface area contributed by atoms with Crippen molar-refractivity contribution in [3.8, 4) is 5.75 Å². The molecule has 6 nitrogen and oxygen atoms in total. The Morgan fingerprint density at radius 2 is 1.88 bits per heavy atom. The molecule has 8 heteroatoms. The number of hydrogen-bond donors (Lipinski definition) is 2. The lowest BCUT2D eigenvalue weighted by atomic mass is 10.2. The summed E-state index contributed by atoms with van der Waals surface area (Å²) in [7, 11) is 0. The van der Waals surface area contributed by atoms with Gasteiger partial charge in [-0.1, -0.05) is 15.9 Å². The zero-order valence-electron chi connectivity index (χ0n) is 13.8. The SMILES string of the molecule is CCOc1ccc(Br)cc1CNCCNc1ccc([N+](=O)[O-])cc1.Cl. The van der Waals surface area contributed by atoms with Gasteiger partial charge in [0.25, 0.3) is 5.69 Å². The van der Waals surface area contributed by atoms with Crippen LogP contribution in [0.5, 0.6) is 5.75 Å². The lowest BCUT2D eigenvalue weighted by molar-refractivity contribution is -0.384. The van der Waals surface area contributed by atoms with Crippen molar-refractivity contribution in [2.75, 3.05) is 25.0 Å². The van der Waals surface area contributed by atoms with Crippen LogP contribution in [0.3, 0.4) is 0 Å².